The number of benzene rings is 1. The summed E-state index contributed by atoms with van der Waals surface area (Å²) in [4.78, 5) is 51.9. The molecular formula is C22H26N4O6S. The highest BCUT2D eigenvalue weighted by Gasteiger charge is 2.27. The SMILES string of the molecule is C=C(NC(=O)CNC(=O)c1csc(-c2ccc(NC(=O)C(C)(C)CCO)cc2)n1)C(=O)OC. The lowest BCUT2D eigenvalue weighted by molar-refractivity contribution is -0.137. The van der Waals surface area contributed by atoms with Crippen molar-refractivity contribution in [3.8, 4) is 10.6 Å². The molecule has 2 rings (SSSR count). The van der Waals surface area contributed by atoms with Crippen molar-refractivity contribution in [2.45, 2.75) is 20.3 Å². The topological polar surface area (TPSA) is 147 Å². The summed E-state index contributed by atoms with van der Waals surface area (Å²) in [7, 11) is 1.16. The van der Waals surface area contributed by atoms with E-state index in [1.165, 1.54) is 11.3 Å². The van der Waals surface area contributed by atoms with Gasteiger partial charge < -0.3 is 25.8 Å². The Balaban J connectivity index is 1.94. The molecular weight excluding hydrogens is 448 g/mol. The number of anilines is 1. The van der Waals surface area contributed by atoms with Crippen molar-refractivity contribution >= 4 is 40.7 Å². The number of nitrogens with zero attached hydrogens (tertiary/aromatic N) is 1. The second kappa shape index (κ2) is 11.3. The van der Waals surface area contributed by atoms with Crippen molar-refractivity contribution in [3.05, 3.63) is 47.6 Å². The Labute approximate surface area is 195 Å². The number of nitrogens with one attached hydrogen (secondary N) is 3. The number of carbonyl (C=O) groups excluding carboxylic acids is 4. The predicted molar refractivity (Wildman–Crippen MR) is 123 cm³/mol. The highest BCUT2D eigenvalue weighted by atomic mass is 32.1. The minimum atomic E-state index is -0.779. The second-order valence-electron chi connectivity index (χ2n) is 7.63. The maximum atomic E-state index is 12.3. The van der Waals surface area contributed by atoms with Crippen LogP contribution in [0.15, 0.2) is 41.9 Å². The van der Waals surface area contributed by atoms with Gasteiger partial charge in [-0.25, -0.2) is 9.78 Å². The first-order valence-corrected chi connectivity index (χ1v) is 10.8. The Morgan fingerprint density at radius 2 is 1.85 bits per heavy atom. The number of aromatic nitrogens is 1. The van der Waals surface area contributed by atoms with Crippen LogP contribution in [0, 0.1) is 5.41 Å². The number of aliphatic hydroxyl groups excluding tert-OH is 1. The van der Waals surface area contributed by atoms with Gasteiger partial charge in [0.05, 0.1) is 13.7 Å². The van der Waals surface area contributed by atoms with Gasteiger partial charge >= 0.3 is 5.97 Å². The summed E-state index contributed by atoms with van der Waals surface area (Å²) in [6.45, 7) is 6.43. The summed E-state index contributed by atoms with van der Waals surface area (Å²) in [5.74, 6) is -2.16. The minimum Gasteiger partial charge on any atom is -0.464 e. The predicted octanol–water partition coefficient (Wildman–Crippen LogP) is 1.69. The van der Waals surface area contributed by atoms with Crippen LogP contribution >= 0.6 is 11.3 Å². The van der Waals surface area contributed by atoms with Crippen molar-refractivity contribution in [1.82, 2.24) is 15.6 Å². The maximum Gasteiger partial charge on any atom is 0.353 e. The molecule has 176 valence electrons. The van der Waals surface area contributed by atoms with Crippen LogP contribution in [0.2, 0.25) is 0 Å². The van der Waals surface area contributed by atoms with Crippen molar-refractivity contribution in [3.63, 3.8) is 0 Å². The number of aliphatic hydroxyl groups is 1. The monoisotopic (exact) mass is 474 g/mol. The third-order valence-corrected chi connectivity index (χ3v) is 5.50. The smallest absolute Gasteiger partial charge is 0.353 e. The van der Waals surface area contributed by atoms with Crippen LogP contribution in [0.4, 0.5) is 5.69 Å². The number of amides is 3. The Bertz CT molecular complexity index is 1050. The first-order chi connectivity index (χ1) is 15.6. The Kier molecular flexibility index (Phi) is 8.83. The van der Waals surface area contributed by atoms with Crippen LogP contribution in [0.1, 0.15) is 30.8 Å². The standard InChI is InChI=1S/C22H26N4O6S/c1-13(20(30)32-4)24-17(28)11-23-18(29)16-12-33-19(26-16)14-5-7-15(8-6-14)25-21(31)22(2,3)9-10-27/h5-8,12,27H,1,9-11H2,2-4H3,(H,23,29)(H,24,28)(H,25,31). The number of methoxy groups -OCH3 is 1. The van der Waals surface area contributed by atoms with Crippen LogP contribution in [0.3, 0.4) is 0 Å². The zero-order chi connectivity index (χ0) is 24.6. The largest absolute Gasteiger partial charge is 0.464 e. The Hall–Kier alpha value is -3.57. The van der Waals surface area contributed by atoms with Gasteiger partial charge in [-0.15, -0.1) is 11.3 Å². The molecule has 0 aliphatic rings. The molecule has 1 aromatic carbocycles. The van der Waals surface area contributed by atoms with E-state index in [0.29, 0.717) is 17.1 Å². The molecule has 0 atom stereocenters. The molecule has 0 fully saturated rings. The van der Waals surface area contributed by atoms with E-state index in [1.54, 1.807) is 43.5 Å². The van der Waals surface area contributed by atoms with E-state index in [0.717, 1.165) is 12.7 Å². The number of ether oxygens (including phenoxy) is 1. The maximum absolute atomic E-state index is 12.3. The van der Waals surface area contributed by atoms with Gasteiger partial charge in [-0.1, -0.05) is 20.4 Å². The Morgan fingerprint density at radius 3 is 2.45 bits per heavy atom. The summed E-state index contributed by atoms with van der Waals surface area (Å²) in [6.07, 6.45) is 0.350. The molecule has 1 aromatic heterocycles. The minimum absolute atomic E-state index is 0.0766. The normalized spacial score (nSPS) is 10.8. The molecule has 0 saturated carbocycles. The van der Waals surface area contributed by atoms with Gasteiger partial charge in [0.25, 0.3) is 5.91 Å². The number of hydrogen-bond donors (Lipinski definition) is 4. The van der Waals surface area contributed by atoms with E-state index in [2.05, 4.69) is 32.3 Å². The van der Waals surface area contributed by atoms with E-state index >= 15 is 0 Å². The summed E-state index contributed by atoms with van der Waals surface area (Å²) in [5.41, 5.74) is 0.554. The number of carbonyl (C=O) groups is 4. The fourth-order valence-electron chi connectivity index (χ4n) is 2.54. The molecule has 33 heavy (non-hydrogen) atoms. The van der Waals surface area contributed by atoms with E-state index < -0.39 is 23.2 Å². The lowest BCUT2D eigenvalue weighted by Crippen LogP contribution is -2.38. The molecule has 4 N–H and O–H groups in total. The number of esters is 1. The average Bonchev–Trinajstić information content (AvgIpc) is 3.27. The molecule has 2 aromatic rings. The molecule has 1 heterocycles. The third kappa shape index (κ3) is 7.22. The van der Waals surface area contributed by atoms with E-state index in [-0.39, 0.29) is 30.4 Å². The van der Waals surface area contributed by atoms with Gasteiger partial charge in [0, 0.05) is 28.7 Å². The Morgan fingerprint density at radius 1 is 1.18 bits per heavy atom. The van der Waals surface area contributed by atoms with Gasteiger partial charge in [0.15, 0.2) is 0 Å². The lowest BCUT2D eigenvalue weighted by atomic mass is 9.88. The van der Waals surface area contributed by atoms with Gasteiger partial charge in [-0.05, 0) is 30.7 Å². The summed E-state index contributed by atoms with van der Waals surface area (Å²) >= 11 is 1.25. The molecule has 0 unspecified atom stereocenters. The number of thiazole rings is 1. The second-order valence-corrected chi connectivity index (χ2v) is 8.49. The summed E-state index contributed by atoms with van der Waals surface area (Å²) < 4.78 is 4.42. The van der Waals surface area contributed by atoms with Gasteiger partial charge in [0.1, 0.15) is 16.4 Å². The molecule has 0 aliphatic carbocycles. The van der Waals surface area contributed by atoms with E-state index in [4.69, 9.17) is 5.11 Å². The molecule has 0 radical (unpaired) electrons. The zero-order valence-electron chi connectivity index (χ0n) is 18.6. The fraction of sp³-hybridized carbons (Fsp3) is 0.318. The van der Waals surface area contributed by atoms with Crippen LogP contribution in [-0.2, 0) is 19.1 Å². The highest BCUT2D eigenvalue weighted by molar-refractivity contribution is 7.13. The van der Waals surface area contributed by atoms with Gasteiger partial charge in [-0.3, -0.25) is 14.4 Å². The molecule has 0 saturated heterocycles. The molecule has 11 heteroatoms. The molecule has 0 bridgehead atoms. The molecule has 10 nitrogen and oxygen atoms in total. The summed E-state index contributed by atoms with van der Waals surface area (Å²) in [5, 5.41) is 18.7. The van der Waals surface area contributed by atoms with E-state index in [1.807, 2.05) is 0 Å². The van der Waals surface area contributed by atoms with Crippen molar-refractivity contribution in [1.29, 1.82) is 0 Å². The van der Waals surface area contributed by atoms with Gasteiger partial charge in [-0.2, -0.15) is 0 Å². The highest BCUT2D eigenvalue weighted by Crippen LogP contribution is 2.27. The van der Waals surface area contributed by atoms with Crippen molar-refractivity contribution < 1.29 is 29.0 Å². The fourth-order valence-corrected chi connectivity index (χ4v) is 3.34. The van der Waals surface area contributed by atoms with Crippen LogP contribution < -0.4 is 16.0 Å². The van der Waals surface area contributed by atoms with Crippen LogP contribution in [0.5, 0.6) is 0 Å². The quantitative estimate of drug-likeness (QED) is 0.303. The van der Waals surface area contributed by atoms with Crippen LogP contribution in [-0.4, -0.2) is 54.0 Å². The molecule has 0 spiro atoms. The van der Waals surface area contributed by atoms with Gasteiger partial charge in [0.2, 0.25) is 11.8 Å². The zero-order valence-corrected chi connectivity index (χ0v) is 19.4. The molecule has 0 aliphatic heterocycles. The lowest BCUT2D eigenvalue weighted by Gasteiger charge is -2.22. The molecule has 3 amide bonds. The van der Waals surface area contributed by atoms with Crippen molar-refractivity contribution in [2.24, 2.45) is 5.41 Å². The first kappa shape index (κ1) is 25.7. The number of rotatable bonds is 10. The van der Waals surface area contributed by atoms with Crippen LogP contribution in [0.25, 0.3) is 10.6 Å². The van der Waals surface area contributed by atoms with Crippen molar-refractivity contribution in [2.75, 3.05) is 25.6 Å². The van der Waals surface area contributed by atoms with E-state index in [9.17, 15) is 19.2 Å². The third-order valence-electron chi connectivity index (χ3n) is 4.61. The summed E-state index contributed by atoms with van der Waals surface area (Å²) in [6, 6.07) is 6.98. The first-order valence-electron chi connectivity index (χ1n) is 9.91. The average molecular weight is 475 g/mol. The number of hydrogen-bond acceptors (Lipinski definition) is 8.